The lowest BCUT2D eigenvalue weighted by atomic mass is 10.2. The van der Waals surface area contributed by atoms with Crippen molar-refractivity contribution >= 4 is 22.5 Å². The minimum atomic E-state index is 0.332. The Balaban J connectivity index is 2.01. The molecule has 0 radical (unpaired) electrons. The minimum absolute atomic E-state index is 0.332. The summed E-state index contributed by atoms with van der Waals surface area (Å²) in [5.41, 5.74) is 1.43. The summed E-state index contributed by atoms with van der Waals surface area (Å²) in [6, 6.07) is 7.27. The molecule has 0 aliphatic heterocycles. The van der Waals surface area contributed by atoms with E-state index in [0.29, 0.717) is 59.8 Å². The van der Waals surface area contributed by atoms with Crippen molar-refractivity contribution in [2.75, 3.05) is 40.6 Å². The average Bonchev–Trinajstić information content (AvgIpc) is 2.69. The largest absolute Gasteiger partial charge is 0.487 e. The topological polar surface area (TPSA) is 75.6 Å². The number of hydrogen-bond donors (Lipinski definition) is 0. The summed E-state index contributed by atoms with van der Waals surface area (Å²) in [5, 5.41) is 1.01. The number of pyridine rings is 1. The van der Waals surface area contributed by atoms with Crippen LogP contribution in [0.2, 0.25) is 5.15 Å². The predicted octanol–water partition coefficient (Wildman–Crippen LogP) is 3.40. The van der Waals surface area contributed by atoms with Crippen LogP contribution in [0.3, 0.4) is 0 Å². The molecule has 8 heteroatoms. The number of aromatic nitrogens is 3. The zero-order valence-corrected chi connectivity index (χ0v) is 15.9. The third-order valence-electron chi connectivity index (χ3n) is 3.72. The lowest BCUT2D eigenvalue weighted by Gasteiger charge is -2.14. The van der Waals surface area contributed by atoms with Crippen molar-refractivity contribution in [1.29, 1.82) is 0 Å². The maximum atomic E-state index is 6.41. The molecule has 27 heavy (non-hydrogen) atoms. The van der Waals surface area contributed by atoms with Crippen LogP contribution < -0.4 is 9.47 Å². The van der Waals surface area contributed by atoms with Crippen LogP contribution >= 0.6 is 11.6 Å². The molecule has 1 aromatic carbocycles. The van der Waals surface area contributed by atoms with Crippen LogP contribution in [0.1, 0.15) is 0 Å². The zero-order chi connectivity index (χ0) is 19.1. The van der Waals surface area contributed by atoms with Crippen LogP contribution in [0.4, 0.5) is 0 Å². The second-order valence-corrected chi connectivity index (χ2v) is 5.94. The summed E-state index contributed by atoms with van der Waals surface area (Å²) in [6.45, 7) is 1.69. The van der Waals surface area contributed by atoms with Gasteiger partial charge < -0.3 is 18.9 Å². The standard InChI is InChI=1S/C19H20ClN3O4/c1-24-6-8-26-16-10-14-15(11-17(16)27-9-7-25-2)22-19(23-18(14)20)13-4-3-5-21-12-13/h3-5,10-12H,6-9H2,1-2H3. The minimum Gasteiger partial charge on any atom is -0.487 e. The van der Waals surface area contributed by atoms with Gasteiger partial charge in [0.2, 0.25) is 0 Å². The number of nitrogens with zero attached hydrogens (tertiary/aromatic N) is 3. The van der Waals surface area contributed by atoms with Crippen LogP contribution in [0, 0.1) is 0 Å². The molecule has 3 aromatic rings. The normalized spacial score (nSPS) is 10.9. The highest BCUT2D eigenvalue weighted by molar-refractivity contribution is 6.34. The van der Waals surface area contributed by atoms with E-state index in [0.717, 1.165) is 5.56 Å². The zero-order valence-electron chi connectivity index (χ0n) is 15.1. The molecule has 0 fully saturated rings. The highest BCUT2D eigenvalue weighted by Gasteiger charge is 2.14. The van der Waals surface area contributed by atoms with Crippen molar-refractivity contribution < 1.29 is 18.9 Å². The first-order valence-electron chi connectivity index (χ1n) is 8.38. The molecular formula is C19H20ClN3O4. The van der Waals surface area contributed by atoms with Crippen molar-refractivity contribution in [3.05, 3.63) is 41.8 Å². The Hall–Kier alpha value is -2.48. The van der Waals surface area contributed by atoms with E-state index in [9.17, 15) is 0 Å². The molecule has 0 spiro atoms. The first-order chi connectivity index (χ1) is 13.2. The Kier molecular flexibility index (Phi) is 6.75. The highest BCUT2D eigenvalue weighted by Crippen LogP contribution is 2.35. The van der Waals surface area contributed by atoms with E-state index >= 15 is 0 Å². The molecule has 0 aliphatic rings. The number of benzene rings is 1. The van der Waals surface area contributed by atoms with E-state index in [2.05, 4.69) is 15.0 Å². The maximum absolute atomic E-state index is 6.41. The fraction of sp³-hybridized carbons (Fsp3) is 0.316. The fourth-order valence-electron chi connectivity index (χ4n) is 2.42. The summed E-state index contributed by atoms with van der Waals surface area (Å²) >= 11 is 6.41. The van der Waals surface area contributed by atoms with Crippen molar-refractivity contribution in [1.82, 2.24) is 15.0 Å². The second kappa shape index (κ2) is 9.45. The van der Waals surface area contributed by atoms with Gasteiger partial charge in [0.1, 0.15) is 18.4 Å². The Morgan fingerprint density at radius 3 is 2.26 bits per heavy atom. The molecule has 0 saturated heterocycles. The van der Waals surface area contributed by atoms with Crippen molar-refractivity contribution in [3.8, 4) is 22.9 Å². The summed E-state index contributed by atoms with van der Waals surface area (Å²) in [4.78, 5) is 13.1. The van der Waals surface area contributed by atoms with Gasteiger partial charge in [-0.05, 0) is 18.2 Å². The number of hydrogen-bond acceptors (Lipinski definition) is 7. The number of ether oxygens (including phenoxy) is 4. The van der Waals surface area contributed by atoms with Gasteiger partial charge in [0.25, 0.3) is 0 Å². The first-order valence-corrected chi connectivity index (χ1v) is 8.76. The summed E-state index contributed by atoms with van der Waals surface area (Å²) in [6.07, 6.45) is 3.38. The van der Waals surface area contributed by atoms with Gasteiger partial charge in [0, 0.05) is 43.6 Å². The molecule has 142 valence electrons. The molecule has 0 N–H and O–H groups in total. The van der Waals surface area contributed by atoms with Crippen LogP contribution in [0.25, 0.3) is 22.3 Å². The molecule has 0 aliphatic carbocycles. The summed E-state index contributed by atoms with van der Waals surface area (Å²) in [7, 11) is 3.23. The van der Waals surface area contributed by atoms with Gasteiger partial charge in [-0.15, -0.1) is 0 Å². The number of methoxy groups -OCH3 is 2. The average molecular weight is 390 g/mol. The number of fused-ring (bicyclic) bond motifs is 1. The summed E-state index contributed by atoms with van der Waals surface area (Å²) in [5.74, 6) is 1.61. The van der Waals surface area contributed by atoms with Crippen LogP contribution in [0.15, 0.2) is 36.7 Å². The van der Waals surface area contributed by atoms with E-state index in [1.807, 2.05) is 12.1 Å². The molecule has 2 heterocycles. The molecule has 0 unspecified atom stereocenters. The van der Waals surface area contributed by atoms with Crippen LogP contribution in [0.5, 0.6) is 11.5 Å². The van der Waals surface area contributed by atoms with Crippen LogP contribution in [-0.4, -0.2) is 55.6 Å². The van der Waals surface area contributed by atoms with Gasteiger partial charge in [0.05, 0.1) is 18.7 Å². The van der Waals surface area contributed by atoms with Gasteiger partial charge in [-0.3, -0.25) is 4.98 Å². The van der Waals surface area contributed by atoms with Crippen LogP contribution in [-0.2, 0) is 9.47 Å². The van der Waals surface area contributed by atoms with Gasteiger partial charge in [-0.25, -0.2) is 9.97 Å². The first kappa shape index (κ1) is 19.3. The molecule has 0 amide bonds. The quantitative estimate of drug-likeness (QED) is 0.410. The number of rotatable bonds is 9. The SMILES string of the molecule is COCCOc1cc2nc(-c3cccnc3)nc(Cl)c2cc1OCCOC. The van der Waals surface area contributed by atoms with E-state index in [1.54, 1.807) is 38.7 Å². The Labute approximate surface area is 162 Å². The Morgan fingerprint density at radius 2 is 1.63 bits per heavy atom. The summed E-state index contributed by atoms with van der Waals surface area (Å²) < 4.78 is 21.6. The molecule has 7 nitrogen and oxygen atoms in total. The Morgan fingerprint density at radius 1 is 0.926 bits per heavy atom. The third-order valence-corrected chi connectivity index (χ3v) is 4.01. The van der Waals surface area contributed by atoms with E-state index < -0.39 is 0 Å². The molecular weight excluding hydrogens is 370 g/mol. The second-order valence-electron chi connectivity index (χ2n) is 5.58. The molecule has 0 saturated carbocycles. The Bertz CT molecular complexity index is 893. The van der Waals surface area contributed by atoms with Gasteiger partial charge in [0.15, 0.2) is 17.3 Å². The van der Waals surface area contributed by atoms with Crippen molar-refractivity contribution in [3.63, 3.8) is 0 Å². The molecule has 0 atom stereocenters. The maximum Gasteiger partial charge on any atom is 0.163 e. The molecule has 3 rings (SSSR count). The predicted molar refractivity (Wildman–Crippen MR) is 103 cm³/mol. The monoisotopic (exact) mass is 389 g/mol. The van der Waals surface area contributed by atoms with Gasteiger partial charge >= 0.3 is 0 Å². The van der Waals surface area contributed by atoms with Gasteiger partial charge in [-0.2, -0.15) is 0 Å². The van der Waals surface area contributed by atoms with E-state index in [-0.39, 0.29) is 0 Å². The molecule has 2 aromatic heterocycles. The lowest BCUT2D eigenvalue weighted by molar-refractivity contribution is 0.132. The van der Waals surface area contributed by atoms with Crippen molar-refractivity contribution in [2.45, 2.75) is 0 Å². The smallest absolute Gasteiger partial charge is 0.163 e. The lowest BCUT2D eigenvalue weighted by Crippen LogP contribution is -2.09. The van der Waals surface area contributed by atoms with Gasteiger partial charge in [-0.1, -0.05) is 11.6 Å². The molecule has 0 bridgehead atoms. The third kappa shape index (κ3) is 4.82. The van der Waals surface area contributed by atoms with E-state index in [4.69, 9.17) is 30.5 Å². The van der Waals surface area contributed by atoms with E-state index in [1.165, 1.54) is 0 Å². The highest BCUT2D eigenvalue weighted by atomic mass is 35.5. The van der Waals surface area contributed by atoms with Crippen molar-refractivity contribution in [2.24, 2.45) is 0 Å². The fourth-order valence-corrected chi connectivity index (χ4v) is 2.65. The number of halogens is 1.